The summed E-state index contributed by atoms with van der Waals surface area (Å²) in [7, 11) is 0. The van der Waals surface area contributed by atoms with Crippen LogP contribution >= 0.6 is 0 Å². The Morgan fingerprint density at radius 1 is 1.14 bits per heavy atom. The molecule has 4 aromatic rings. The van der Waals surface area contributed by atoms with Crippen LogP contribution in [0.1, 0.15) is 56.8 Å². The molecule has 8 heteroatoms. The number of benzene rings is 3. The molecule has 0 amide bonds. The Bertz CT molecular complexity index is 1540. The van der Waals surface area contributed by atoms with Crippen molar-refractivity contribution in [2.45, 2.75) is 39.6 Å². The number of carbonyl (C=O) groups is 1. The number of aliphatic hydroxyl groups is 1. The van der Waals surface area contributed by atoms with Gasteiger partial charge >= 0.3 is 5.97 Å². The van der Waals surface area contributed by atoms with Crippen molar-refractivity contribution in [2.75, 3.05) is 10.2 Å². The molecule has 0 saturated carbocycles. The van der Waals surface area contributed by atoms with E-state index in [1.54, 1.807) is 24.3 Å². The number of aromatic nitrogens is 2. The molecule has 0 spiro atoms. The number of nitrogens with one attached hydrogen (secondary N) is 1. The van der Waals surface area contributed by atoms with Crippen LogP contribution in [0, 0.1) is 18.3 Å². The molecule has 0 radical (unpaired) electrons. The zero-order valence-electron chi connectivity index (χ0n) is 20.0. The second kappa shape index (κ2) is 9.29. The molecule has 1 aliphatic rings. The van der Waals surface area contributed by atoms with Gasteiger partial charge < -0.3 is 20.4 Å². The lowest BCUT2D eigenvalue weighted by Gasteiger charge is -2.22. The van der Waals surface area contributed by atoms with E-state index in [4.69, 9.17) is 4.98 Å². The highest BCUT2D eigenvalue weighted by molar-refractivity contribution is 5.94. The molecule has 0 bridgehead atoms. The van der Waals surface area contributed by atoms with Crippen molar-refractivity contribution in [1.82, 2.24) is 9.97 Å². The highest BCUT2D eigenvalue weighted by Gasteiger charge is 2.25. The molecule has 0 saturated heterocycles. The fourth-order valence-electron chi connectivity index (χ4n) is 4.75. The van der Waals surface area contributed by atoms with Gasteiger partial charge in [-0.3, -0.25) is 0 Å². The number of aliphatic hydroxyl groups excluding tert-OH is 1. The molecule has 2 heterocycles. The first-order chi connectivity index (χ1) is 17.4. The number of carboxylic acids is 1. The largest absolute Gasteiger partial charge is 0.478 e. The summed E-state index contributed by atoms with van der Waals surface area (Å²) in [4.78, 5) is 23.3. The number of para-hydroxylation sites is 1. The quantitative estimate of drug-likeness (QED) is 0.364. The monoisotopic (exact) mass is 479 g/mol. The minimum Gasteiger partial charge on any atom is -0.478 e. The molecular formula is C28H25N5O3. The molecule has 1 aromatic heterocycles. The van der Waals surface area contributed by atoms with Crippen molar-refractivity contribution in [2.24, 2.45) is 0 Å². The lowest BCUT2D eigenvalue weighted by Crippen LogP contribution is -2.19. The molecule has 8 nitrogen and oxygen atoms in total. The average molecular weight is 480 g/mol. The minimum atomic E-state index is -1.00. The number of nitrogens with zero attached hydrogens (tertiary/aromatic N) is 4. The summed E-state index contributed by atoms with van der Waals surface area (Å²) in [6.45, 7) is 5.05. The maximum absolute atomic E-state index is 11.7. The second-order valence-electron chi connectivity index (χ2n) is 9.06. The van der Waals surface area contributed by atoms with E-state index in [2.05, 4.69) is 16.4 Å². The predicted molar refractivity (Wildman–Crippen MR) is 137 cm³/mol. The highest BCUT2D eigenvalue weighted by atomic mass is 16.4. The molecule has 1 atom stereocenters. The van der Waals surface area contributed by atoms with Gasteiger partial charge in [-0.05, 0) is 54.3 Å². The molecule has 36 heavy (non-hydrogen) atoms. The van der Waals surface area contributed by atoms with Crippen LogP contribution in [0.5, 0.6) is 0 Å². The second-order valence-corrected chi connectivity index (χ2v) is 9.06. The van der Waals surface area contributed by atoms with Crippen molar-refractivity contribution in [1.29, 1.82) is 5.26 Å². The Labute approximate surface area is 208 Å². The maximum Gasteiger partial charge on any atom is 0.337 e. The van der Waals surface area contributed by atoms with Gasteiger partial charge in [0.1, 0.15) is 6.07 Å². The lowest BCUT2D eigenvalue weighted by molar-refractivity contribution is 0.0698. The Morgan fingerprint density at radius 3 is 2.67 bits per heavy atom. The molecule has 0 unspecified atom stereocenters. The van der Waals surface area contributed by atoms with Crippen molar-refractivity contribution < 1.29 is 15.0 Å². The molecule has 0 aliphatic carbocycles. The van der Waals surface area contributed by atoms with Crippen LogP contribution in [-0.2, 0) is 19.7 Å². The van der Waals surface area contributed by atoms with Gasteiger partial charge in [0, 0.05) is 24.3 Å². The number of aryl methyl sites for hydroxylation is 1. The van der Waals surface area contributed by atoms with Crippen molar-refractivity contribution in [3.8, 4) is 6.07 Å². The molecular weight excluding hydrogens is 454 g/mol. The van der Waals surface area contributed by atoms with Crippen LogP contribution in [0.15, 0.2) is 54.6 Å². The van der Waals surface area contributed by atoms with Crippen LogP contribution in [0.25, 0.3) is 11.0 Å². The molecule has 3 N–H and O–H groups in total. The van der Waals surface area contributed by atoms with Crippen LogP contribution in [0.3, 0.4) is 0 Å². The average Bonchev–Trinajstić information content (AvgIpc) is 3.30. The van der Waals surface area contributed by atoms with Crippen molar-refractivity contribution in [3.05, 3.63) is 93.7 Å². The molecule has 5 rings (SSSR count). The fourth-order valence-corrected chi connectivity index (χ4v) is 4.75. The van der Waals surface area contributed by atoms with E-state index in [0.717, 1.165) is 27.8 Å². The molecule has 180 valence electrons. The van der Waals surface area contributed by atoms with E-state index in [1.165, 1.54) is 0 Å². The normalized spacial score (nSPS) is 13.3. The van der Waals surface area contributed by atoms with E-state index in [0.29, 0.717) is 35.6 Å². The number of carboxylic acid groups (broad SMARTS) is 1. The van der Waals surface area contributed by atoms with E-state index in [9.17, 15) is 20.3 Å². The maximum atomic E-state index is 11.7. The van der Waals surface area contributed by atoms with Gasteiger partial charge in [0.15, 0.2) is 11.5 Å². The number of hydrogen-bond acceptors (Lipinski definition) is 7. The topological polar surface area (TPSA) is 122 Å². The van der Waals surface area contributed by atoms with Gasteiger partial charge in [-0.25, -0.2) is 14.8 Å². The summed E-state index contributed by atoms with van der Waals surface area (Å²) in [5.74, 6) is -0.493. The highest BCUT2D eigenvalue weighted by Crippen LogP contribution is 2.33. The fraction of sp³-hybridized carbons (Fsp3) is 0.214. The Morgan fingerprint density at radius 2 is 1.92 bits per heavy atom. The summed E-state index contributed by atoms with van der Waals surface area (Å²) in [5.41, 5.74) is 7.14. The summed E-state index contributed by atoms with van der Waals surface area (Å²) < 4.78 is 0. The zero-order valence-corrected chi connectivity index (χ0v) is 20.0. The van der Waals surface area contributed by atoms with Crippen LogP contribution in [-0.4, -0.2) is 26.2 Å². The predicted octanol–water partition coefficient (Wildman–Crippen LogP) is 4.69. The van der Waals surface area contributed by atoms with E-state index in [1.807, 2.05) is 49.1 Å². The summed E-state index contributed by atoms with van der Waals surface area (Å²) >= 11 is 0. The first-order valence-corrected chi connectivity index (χ1v) is 11.7. The van der Waals surface area contributed by atoms with Gasteiger partial charge in [-0.15, -0.1) is 0 Å². The minimum absolute atomic E-state index is 0.0227. The first-order valence-electron chi connectivity index (χ1n) is 11.7. The lowest BCUT2D eigenvalue weighted by atomic mass is 10.0. The van der Waals surface area contributed by atoms with E-state index >= 15 is 0 Å². The summed E-state index contributed by atoms with van der Waals surface area (Å²) in [5, 5.41) is 32.3. The Kier molecular flexibility index (Phi) is 6.00. The number of rotatable bonds is 6. The standard InChI is InChI=1S/C28H25N5O3/c1-16-9-22(17(2)30-23-6-4-3-5-21(23)28(35)36)26-24(10-16)31-25(12-29)27(32-26)33-13-19-8-7-18(15-34)11-20(19)14-33/h3-11,17,30,34H,13-15H2,1-2H3,(H,35,36)/t17-/m1/s1. The first kappa shape index (κ1) is 23.3. The van der Waals surface area contributed by atoms with Crippen LogP contribution in [0.2, 0.25) is 0 Å². The Hall–Kier alpha value is -4.48. The van der Waals surface area contributed by atoms with Gasteiger partial charge in [0.05, 0.1) is 29.2 Å². The number of hydrogen-bond donors (Lipinski definition) is 3. The summed E-state index contributed by atoms with van der Waals surface area (Å²) in [6.07, 6.45) is 0. The molecule has 0 fully saturated rings. The molecule has 1 aliphatic heterocycles. The van der Waals surface area contributed by atoms with Gasteiger partial charge in [-0.2, -0.15) is 5.26 Å². The van der Waals surface area contributed by atoms with E-state index < -0.39 is 5.97 Å². The Balaban J connectivity index is 1.57. The number of nitriles is 1. The third-order valence-electron chi connectivity index (χ3n) is 6.50. The van der Waals surface area contributed by atoms with Crippen LogP contribution < -0.4 is 10.2 Å². The van der Waals surface area contributed by atoms with Gasteiger partial charge in [0.25, 0.3) is 0 Å². The smallest absolute Gasteiger partial charge is 0.337 e. The van der Waals surface area contributed by atoms with Crippen molar-refractivity contribution in [3.63, 3.8) is 0 Å². The van der Waals surface area contributed by atoms with Gasteiger partial charge in [0.2, 0.25) is 0 Å². The van der Waals surface area contributed by atoms with Gasteiger partial charge in [-0.1, -0.05) is 36.4 Å². The third kappa shape index (κ3) is 4.21. The number of anilines is 2. The van der Waals surface area contributed by atoms with Crippen LogP contribution in [0.4, 0.5) is 11.5 Å². The number of fused-ring (bicyclic) bond motifs is 2. The molecule has 3 aromatic carbocycles. The van der Waals surface area contributed by atoms with E-state index in [-0.39, 0.29) is 23.9 Å². The van der Waals surface area contributed by atoms with Crippen molar-refractivity contribution >= 4 is 28.5 Å². The SMILES string of the molecule is Cc1cc([C@@H](C)Nc2ccccc2C(=O)O)c2nc(N3Cc4ccc(CO)cc4C3)c(C#N)nc2c1. The number of aromatic carboxylic acids is 1. The summed E-state index contributed by atoms with van der Waals surface area (Å²) in [6, 6.07) is 18.5. The third-order valence-corrected chi connectivity index (χ3v) is 6.50. The zero-order chi connectivity index (χ0) is 25.4.